The average Bonchev–Trinajstić information content (AvgIpc) is 2.65. The maximum Gasteiger partial charge on any atom is 0.00954 e. The normalized spacial score (nSPS) is 29.5. The summed E-state index contributed by atoms with van der Waals surface area (Å²) in [4.78, 5) is 0. The molecule has 0 spiro atoms. The van der Waals surface area contributed by atoms with Crippen molar-refractivity contribution in [3.8, 4) is 0 Å². The smallest absolute Gasteiger partial charge is 0.00954 e. The van der Waals surface area contributed by atoms with Crippen LogP contribution in [0, 0.1) is 11.8 Å². The third-order valence-electron chi connectivity index (χ3n) is 4.24. The molecule has 1 fully saturated rings. The Hall–Kier alpha value is -0.300. The molecule has 0 aromatic heterocycles. The summed E-state index contributed by atoms with van der Waals surface area (Å²) in [6.07, 6.45) is 11.4. The first-order valence-electron chi connectivity index (χ1n) is 7.13. The van der Waals surface area contributed by atoms with Crippen LogP contribution in [0.5, 0.6) is 0 Å². The van der Waals surface area contributed by atoms with E-state index in [-0.39, 0.29) is 0 Å². The molecule has 1 nitrogen and oxygen atoms in total. The standard InChI is InChI=1S/C15H29N/c1-4-6-7-8-9-12-16-15-11-10-14(5-2)13(15)3/h4,13-16H,1,5-12H2,2-3H3. The van der Waals surface area contributed by atoms with Crippen LogP contribution in [-0.4, -0.2) is 12.6 Å². The lowest BCUT2D eigenvalue weighted by Gasteiger charge is -2.21. The molecular weight excluding hydrogens is 194 g/mol. The maximum absolute atomic E-state index is 3.75. The van der Waals surface area contributed by atoms with Gasteiger partial charge in [-0.25, -0.2) is 0 Å². The van der Waals surface area contributed by atoms with Gasteiger partial charge in [0.15, 0.2) is 0 Å². The van der Waals surface area contributed by atoms with Gasteiger partial charge in [-0.15, -0.1) is 6.58 Å². The molecule has 0 heterocycles. The molecule has 1 rings (SSSR count). The zero-order valence-electron chi connectivity index (χ0n) is 11.2. The van der Waals surface area contributed by atoms with Crippen molar-refractivity contribution < 1.29 is 0 Å². The van der Waals surface area contributed by atoms with Crippen molar-refractivity contribution in [2.75, 3.05) is 6.54 Å². The van der Waals surface area contributed by atoms with Gasteiger partial charge in [-0.05, 0) is 50.5 Å². The molecule has 0 aromatic rings. The van der Waals surface area contributed by atoms with Crippen LogP contribution in [0.4, 0.5) is 0 Å². The summed E-state index contributed by atoms with van der Waals surface area (Å²) in [5, 5.41) is 3.75. The fraction of sp³-hybridized carbons (Fsp3) is 0.867. The molecule has 0 amide bonds. The number of unbranched alkanes of at least 4 members (excludes halogenated alkanes) is 3. The number of nitrogens with one attached hydrogen (secondary N) is 1. The summed E-state index contributed by atoms with van der Waals surface area (Å²) >= 11 is 0. The molecule has 3 atom stereocenters. The Balaban J connectivity index is 2.03. The fourth-order valence-corrected chi connectivity index (χ4v) is 2.99. The van der Waals surface area contributed by atoms with Gasteiger partial charge in [0.05, 0.1) is 0 Å². The van der Waals surface area contributed by atoms with Crippen LogP contribution in [0.2, 0.25) is 0 Å². The minimum Gasteiger partial charge on any atom is -0.314 e. The van der Waals surface area contributed by atoms with Gasteiger partial charge >= 0.3 is 0 Å². The lowest BCUT2D eigenvalue weighted by Crippen LogP contribution is -2.33. The topological polar surface area (TPSA) is 12.0 Å². The molecule has 0 aliphatic heterocycles. The van der Waals surface area contributed by atoms with E-state index < -0.39 is 0 Å². The fourth-order valence-electron chi connectivity index (χ4n) is 2.99. The molecule has 1 heteroatoms. The zero-order chi connectivity index (χ0) is 11.8. The van der Waals surface area contributed by atoms with Crippen LogP contribution in [0.3, 0.4) is 0 Å². The van der Waals surface area contributed by atoms with Crippen molar-refractivity contribution >= 4 is 0 Å². The van der Waals surface area contributed by atoms with E-state index in [2.05, 4.69) is 25.7 Å². The van der Waals surface area contributed by atoms with Crippen molar-refractivity contribution in [2.45, 2.75) is 64.8 Å². The Bertz CT molecular complexity index is 188. The van der Waals surface area contributed by atoms with Crippen LogP contribution in [0.1, 0.15) is 58.8 Å². The van der Waals surface area contributed by atoms with Gasteiger partial charge in [0.2, 0.25) is 0 Å². The van der Waals surface area contributed by atoms with E-state index in [0.717, 1.165) is 17.9 Å². The van der Waals surface area contributed by atoms with Gasteiger partial charge in [-0.1, -0.05) is 32.8 Å². The summed E-state index contributed by atoms with van der Waals surface area (Å²) < 4.78 is 0. The van der Waals surface area contributed by atoms with Crippen molar-refractivity contribution in [3.05, 3.63) is 12.7 Å². The second kappa shape index (κ2) is 7.89. The maximum atomic E-state index is 3.75. The highest BCUT2D eigenvalue weighted by Crippen LogP contribution is 2.33. The molecule has 1 N–H and O–H groups in total. The van der Waals surface area contributed by atoms with E-state index in [1.807, 2.05) is 6.08 Å². The second-order valence-corrected chi connectivity index (χ2v) is 5.30. The quantitative estimate of drug-likeness (QED) is 0.481. The van der Waals surface area contributed by atoms with Crippen molar-refractivity contribution in [1.82, 2.24) is 5.32 Å². The third-order valence-corrected chi connectivity index (χ3v) is 4.24. The van der Waals surface area contributed by atoms with Crippen LogP contribution < -0.4 is 5.32 Å². The lowest BCUT2D eigenvalue weighted by molar-refractivity contribution is 0.343. The molecule has 0 saturated heterocycles. The minimum absolute atomic E-state index is 0.796. The van der Waals surface area contributed by atoms with E-state index in [4.69, 9.17) is 0 Å². The van der Waals surface area contributed by atoms with Crippen LogP contribution in [0.25, 0.3) is 0 Å². The number of rotatable bonds is 8. The molecule has 0 aromatic carbocycles. The SMILES string of the molecule is C=CCCCCCNC1CCC(CC)C1C. The Labute approximate surface area is 102 Å². The summed E-state index contributed by atoms with van der Waals surface area (Å²) in [5.74, 6) is 1.86. The van der Waals surface area contributed by atoms with Gasteiger partial charge < -0.3 is 5.32 Å². The predicted octanol–water partition coefficient (Wildman–Crippen LogP) is 4.15. The van der Waals surface area contributed by atoms with Crippen LogP contribution >= 0.6 is 0 Å². The number of allylic oxidation sites excluding steroid dienone is 1. The first kappa shape index (κ1) is 13.8. The van der Waals surface area contributed by atoms with E-state index >= 15 is 0 Å². The molecule has 3 unspecified atom stereocenters. The van der Waals surface area contributed by atoms with Gasteiger partial charge in [-0.2, -0.15) is 0 Å². The molecule has 1 aliphatic carbocycles. The predicted molar refractivity (Wildman–Crippen MR) is 72.6 cm³/mol. The Kier molecular flexibility index (Phi) is 6.79. The monoisotopic (exact) mass is 223 g/mol. The van der Waals surface area contributed by atoms with Gasteiger partial charge in [0.25, 0.3) is 0 Å². The molecule has 94 valence electrons. The molecule has 1 saturated carbocycles. The van der Waals surface area contributed by atoms with Gasteiger partial charge in [0.1, 0.15) is 0 Å². The molecular formula is C15H29N. The number of hydrogen-bond donors (Lipinski definition) is 1. The van der Waals surface area contributed by atoms with Gasteiger partial charge in [0, 0.05) is 6.04 Å². The van der Waals surface area contributed by atoms with Crippen molar-refractivity contribution in [3.63, 3.8) is 0 Å². The zero-order valence-corrected chi connectivity index (χ0v) is 11.2. The second-order valence-electron chi connectivity index (χ2n) is 5.30. The van der Waals surface area contributed by atoms with Crippen LogP contribution in [0.15, 0.2) is 12.7 Å². The molecule has 0 bridgehead atoms. The summed E-state index contributed by atoms with van der Waals surface area (Å²) in [6.45, 7) is 9.72. The highest BCUT2D eigenvalue weighted by Gasteiger charge is 2.30. The molecule has 0 radical (unpaired) electrons. The highest BCUT2D eigenvalue weighted by molar-refractivity contribution is 4.86. The Morgan fingerprint density at radius 1 is 1.25 bits per heavy atom. The van der Waals surface area contributed by atoms with Crippen molar-refractivity contribution in [2.24, 2.45) is 11.8 Å². The van der Waals surface area contributed by atoms with Gasteiger partial charge in [-0.3, -0.25) is 0 Å². The van der Waals surface area contributed by atoms with Crippen LogP contribution in [-0.2, 0) is 0 Å². The van der Waals surface area contributed by atoms with E-state index in [1.165, 1.54) is 51.5 Å². The average molecular weight is 223 g/mol. The molecule has 1 aliphatic rings. The number of hydrogen-bond acceptors (Lipinski definition) is 1. The third kappa shape index (κ3) is 4.29. The van der Waals surface area contributed by atoms with E-state index in [1.54, 1.807) is 0 Å². The van der Waals surface area contributed by atoms with E-state index in [9.17, 15) is 0 Å². The van der Waals surface area contributed by atoms with E-state index in [0.29, 0.717) is 0 Å². The summed E-state index contributed by atoms with van der Waals surface area (Å²) in [6, 6.07) is 0.796. The highest BCUT2D eigenvalue weighted by atomic mass is 14.9. The Morgan fingerprint density at radius 3 is 2.69 bits per heavy atom. The first-order chi connectivity index (χ1) is 7.79. The summed E-state index contributed by atoms with van der Waals surface area (Å²) in [7, 11) is 0. The first-order valence-corrected chi connectivity index (χ1v) is 7.13. The van der Waals surface area contributed by atoms with Crippen molar-refractivity contribution in [1.29, 1.82) is 0 Å². The largest absolute Gasteiger partial charge is 0.314 e. The molecule has 16 heavy (non-hydrogen) atoms. The lowest BCUT2D eigenvalue weighted by atomic mass is 9.93. The minimum atomic E-state index is 0.796. The summed E-state index contributed by atoms with van der Waals surface area (Å²) in [5.41, 5.74) is 0. The Morgan fingerprint density at radius 2 is 2.06 bits per heavy atom.